The van der Waals surface area contributed by atoms with Gasteiger partial charge in [-0.3, -0.25) is 24.6 Å². The van der Waals surface area contributed by atoms with Crippen LogP contribution in [0.5, 0.6) is 0 Å². The number of fused-ring (bicyclic) bond motifs is 1. The van der Waals surface area contributed by atoms with Crippen LogP contribution in [0, 0.1) is 18.6 Å². The van der Waals surface area contributed by atoms with Crippen LogP contribution in [0.3, 0.4) is 0 Å². The van der Waals surface area contributed by atoms with Crippen LogP contribution in [-0.2, 0) is 11.3 Å². The van der Waals surface area contributed by atoms with Crippen molar-refractivity contribution in [2.75, 3.05) is 19.6 Å². The number of halogens is 2. The van der Waals surface area contributed by atoms with Crippen molar-refractivity contribution in [2.45, 2.75) is 52.2 Å². The van der Waals surface area contributed by atoms with Gasteiger partial charge in [-0.25, -0.2) is 8.78 Å². The first-order chi connectivity index (χ1) is 19.8. The lowest BCUT2D eigenvalue weighted by atomic mass is 9.95. The van der Waals surface area contributed by atoms with Gasteiger partial charge in [-0.2, -0.15) is 5.10 Å². The average Bonchev–Trinajstić information content (AvgIpc) is 3.39. The Morgan fingerprint density at radius 3 is 2.54 bits per heavy atom. The lowest BCUT2D eigenvalue weighted by Crippen LogP contribution is -2.56. The summed E-state index contributed by atoms with van der Waals surface area (Å²) in [7, 11) is 0. The first-order valence-electron chi connectivity index (χ1n) is 14.0. The molecule has 2 N–H and O–H groups in total. The number of H-pyrrole nitrogens is 1. The summed E-state index contributed by atoms with van der Waals surface area (Å²) in [5.74, 6) is -1.64. The number of amides is 2. The standard InChI is InChI=1S/C31H34F2N6O2/c1-4-38(5-2)31(41)28-12-10-22(17-39(28)18-24-25(32)7-6-8-26(24)33)35-30(40)21-9-11-27-23(16-21)29(37-36-27)20-13-14-34-19(3)15-20/h6-9,11,13-16,22,28H,4-5,10,12,17-18H2,1-3H3,(H,35,40)(H,36,37)/t22-,28+/m1/s1. The molecule has 0 aliphatic carbocycles. The highest BCUT2D eigenvalue weighted by molar-refractivity contribution is 6.01. The highest BCUT2D eigenvalue weighted by Gasteiger charge is 2.36. The predicted octanol–water partition coefficient (Wildman–Crippen LogP) is 4.84. The Balaban J connectivity index is 1.37. The number of aromatic amines is 1. The fourth-order valence-electron chi connectivity index (χ4n) is 5.58. The van der Waals surface area contributed by atoms with Gasteiger partial charge in [0, 0.05) is 66.2 Å². The molecule has 41 heavy (non-hydrogen) atoms. The Morgan fingerprint density at radius 1 is 1.07 bits per heavy atom. The van der Waals surface area contributed by atoms with Crippen molar-refractivity contribution in [3.63, 3.8) is 0 Å². The summed E-state index contributed by atoms with van der Waals surface area (Å²) in [6.45, 7) is 7.03. The molecule has 2 aromatic heterocycles. The summed E-state index contributed by atoms with van der Waals surface area (Å²) in [5, 5.41) is 11.4. The number of carbonyl (C=O) groups excluding carboxylic acids is 2. The number of likely N-dealkylation sites (N-methyl/N-ethyl adjacent to an activating group) is 1. The van der Waals surface area contributed by atoms with E-state index in [2.05, 4.69) is 20.5 Å². The second-order valence-corrected chi connectivity index (χ2v) is 10.4. The molecule has 0 unspecified atom stereocenters. The third-order valence-electron chi connectivity index (χ3n) is 7.80. The number of hydrogen-bond acceptors (Lipinski definition) is 5. The molecule has 5 rings (SSSR count). The van der Waals surface area contributed by atoms with Crippen molar-refractivity contribution in [1.29, 1.82) is 0 Å². The molecular weight excluding hydrogens is 526 g/mol. The largest absolute Gasteiger partial charge is 0.348 e. The molecule has 3 heterocycles. The number of carbonyl (C=O) groups is 2. The van der Waals surface area contributed by atoms with E-state index in [0.717, 1.165) is 27.9 Å². The molecule has 0 saturated carbocycles. The number of aromatic nitrogens is 3. The zero-order valence-electron chi connectivity index (χ0n) is 23.5. The van der Waals surface area contributed by atoms with E-state index in [0.29, 0.717) is 31.5 Å². The second-order valence-electron chi connectivity index (χ2n) is 10.4. The van der Waals surface area contributed by atoms with Gasteiger partial charge in [-0.1, -0.05) is 6.07 Å². The van der Waals surface area contributed by atoms with Crippen molar-refractivity contribution >= 4 is 22.7 Å². The molecule has 214 valence electrons. The molecule has 2 amide bonds. The van der Waals surface area contributed by atoms with E-state index in [-0.39, 0.29) is 36.5 Å². The predicted molar refractivity (Wildman–Crippen MR) is 153 cm³/mol. The van der Waals surface area contributed by atoms with Crippen molar-refractivity contribution in [3.05, 3.63) is 83.2 Å². The average molecular weight is 561 g/mol. The number of benzene rings is 2. The maximum absolute atomic E-state index is 14.6. The molecular formula is C31H34F2N6O2. The normalized spacial score (nSPS) is 17.5. The summed E-state index contributed by atoms with van der Waals surface area (Å²) < 4.78 is 29.2. The van der Waals surface area contributed by atoms with Gasteiger partial charge in [-0.15, -0.1) is 0 Å². The van der Waals surface area contributed by atoms with E-state index in [4.69, 9.17) is 0 Å². The Hall–Kier alpha value is -4.18. The van der Waals surface area contributed by atoms with Crippen LogP contribution in [-0.4, -0.2) is 68.5 Å². The number of hydrogen-bond donors (Lipinski definition) is 2. The summed E-state index contributed by atoms with van der Waals surface area (Å²) >= 11 is 0. The Morgan fingerprint density at radius 2 is 1.83 bits per heavy atom. The molecule has 2 aromatic carbocycles. The molecule has 2 atom stereocenters. The van der Waals surface area contributed by atoms with E-state index in [1.54, 1.807) is 28.1 Å². The maximum Gasteiger partial charge on any atom is 0.251 e. The number of piperidine rings is 1. The van der Waals surface area contributed by atoms with Crippen molar-refractivity contribution in [2.24, 2.45) is 0 Å². The second kappa shape index (κ2) is 12.1. The van der Waals surface area contributed by atoms with E-state index in [1.807, 2.05) is 39.0 Å². The smallest absolute Gasteiger partial charge is 0.251 e. The van der Waals surface area contributed by atoms with Gasteiger partial charge in [-0.05, 0) is 76.1 Å². The van der Waals surface area contributed by atoms with Crippen LogP contribution >= 0.6 is 0 Å². The summed E-state index contributed by atoms with van der Waals surface area (Å²) in [6, 6.07) is 12.1. The molecule has 0 spiro atoms. The third kappa shape index (κ3) is 5.97. The van der Waals surface area contributed by atoms with Gasteiger partial charge in [0.1, 0.15) is 17.3 Å². The third-order valence-corrected chi connectivity index (χ3v) is 7.80. The number of pyridine rings is 1. The van der Waals surface area contributed by atoms with Crippen LogP contribution in [0.25, 0.3) is 22.2 Å². The van der Waals surface area contributed by atoms with Crippen molar-refractivity contribution in [3.8, 4) is 11.3 Å². The number of nitrogens with zero attached hydrogens (tertiary/aromatic N) is 4. The Labute approximate surface area is 237 Å². The van der Waals surface area contributed by atoms with Gasteiger partial charge in [0.2, 0.25) is 5.91 Å². The highest BCUT2D eigenvalue weighted by Crippen LogP contribution is 2.28. The van der Waals surface area contributed by atoms with E-state index < -0.39 is 17.7 Å². The molecule has 10 heteroatoms. The van der Waals surface area contributed by atoms with E-state index in [9.17, 15) is 18.4 Å². The van der Waals surface area contributed by atoms with Crippen LogP contribution in [0.1, 0.15) is 48.3 Å². The molecule has 0 bridgehead atoms. The zero-order valence-corrected chi connectivity index (χ0v) is 23.5. The van der Waals surface area contributed by atoms with Crippen LogP contribution in [0.4, 0.5) is 8.78 Å². The van der Waals surface area contributed by atoms with E-state index in [1.165, 1.54) is 18.2 Å². The van der Waals surface area contributed by atoms with Crippen LogP contribution in [0.15, 0.2) is 54.7 Å². The van der Waals surface area contributed by atoms with Crippen molar-refractivity contribution in [1.82, 2.24) is 30.3 Å². The lowest BCUT2D eigenvalue weighted by Gasteiger charge is -2.41. The fourth-order valence-corrected chi connectivity index (χ4v) is 5.58. The highest BCUT2D eigenvalue weighted by atomic mass is 19.1. The van der Waals surface area contributed by atoms with Gasteiger partial charge in [0.05, 0.1) is 11.6 Å². The minimum atomic E-state index is -0.654. The molecule has 8 nitrogen and oxygen atoms in total. The fraction of sp³-hybridized carbons (Fsp3) is 0.355. The number of likely N-dealkylation sites (tertiary alicyclic amines) is 1. The first-order valence-corrected chi connectivity index (χ1v) is 14.0. The quantitative estimate of drug-likeness (QED) is 0.322. The topological polar surface area (TPSA) is 94.2 Å². The van der Waals surface area contributed by atoms with Crippen LogP contribution < -0.4 is 5.32 Å². The number of nitrogens with one attached hydrogen (secondary N) is 2. The molecule has 1 aliphatic rings. The van der Waals surface area contributed by atoms with Gasteiger partial charge >= 0.3 is 0 Å². The van der Waals surface area contributed by atoms with Gasteiger partial charge in [0.15, 0.2) is 0 Å². The molecule has 0 radical (unpaired) electrons. The minimum Gasteiger partial charge on any atom is -0.348 e. The summed E-state index contributed by atoms with van der Waals surface area (Å²) in [4.78, 5) is 34.5. The monoisotopic (exact) mass is 560 g/mol. The maximum atomic E-state index is 14.6. The summed E-state index contributed by atoms with van der Waals surface area (Å²) in [5.41, 5.74) is 3.68. The first kappa shape index (κ1) is 28.4. The summed E-state index contributed by atoms with van der Waals surface area (Å²) in [6.07, 6.45) is 2.75. The van der Waals surface area contributed by atoms with Gasteiger partial charge < -0.3 is 10.2 Å². The lowest BCUT2D eigenvalue weighted by molar-refractivity contribution is -0.138. The minimum absolute atomic E-state index is 0.0687. The number of aryl methyl sites for hydroxylation is 1. The van der Waals surface area contributed by atoms with Crippen molar-refractivity contribution < 1.29 is 18.4 Å². The molecule has 4 aromatic rings. The van der Waals surface area contributed by atoms with E-state index >= 15 is 0 Å². The SMILES string of the molecule is CCN(CC)C(=O)[C@@H]1CC[C@@H](NC(=O)c2ccc3[nH]nc(-c4ccnc(C)c4)c3c2)CN1Cc1c(F)cccc1F. The Bertz CT molecular complexity index is 1550. The molecule has 1 aliphatic heterocycles. The van der Waals surface area contributed by atoms with Crippen LogP contribution in [0.2, 0.25) is 0 Å². The van der Waals surface area contributed by atoms with Gasteiger partial charge in [0.25, 0.3) is 5.91 Å². The molecule has 1 saturated heterocycles. The zero-order chi connectivity index (χ0) is 29.1. The Kier molecular flexibility index (Phi) is 8.39. The number of rotatable bonds is 8. The molecule has 1 fully saturated rings.